The Hall–Kier alpha value is -0.850. The molecule has 0 saturated carbocycles. The largest absolute Gasteiger partial charge is 0.374 e. The molecule has 1 fully saturated rings. The lowest BCUT2D eigenvalue weighted by atomic mass is 10.2. The van der Waals surface area contributed by atoms with Gasteiger partial charge in [-0.05, 0) is 35.5 Å². The third kappa shape index (κ3) is 4.07. The van der Waals surface area contributed by atoms with E-state index in [9.17, 15) is 4.79 Å². The third-order valence-electron chi connectivity index (χ3n) is 3.39. The molecular weight excluding hydrogens is 322 g/mol. The lowest BCUT2D eigenvalue weighted by molar-refractivity contribution is -0.0175. The minimum atomic E-state index is -0.0408. The highest BCUT2D eigenvalue weighted by Crippen LogP contribution is 2.15. The predicted octanol–water partition coefficient (Wildman–Crippen LogP) is 1.72. The molecule has 1 aromatic heterocycles. The molecular formula is C14H22BrN3O2. The zero-order valence-electron chi connectivity index (χ0n) is 12.1. The summed E-state index contributed by atoms with van der Waals surface area (Å²) in [4.78, 5) is 14.5. The molecule has 1 aliphatic rings. The monoisotopic (exact) mass is 343 g/mol. The summed E-state index contributed by atoms with van der Waals surface area (Å²) in [7, 11) is 2.07. The summed E-state index contributed by atoms with van der Waals surface area (Å²) in [6.45, 7) is 6.04. The van der Waals surface area contributed by atoms with Gasteiger partial charge in [0.05, 0.1) is 12.7 Å². The Labute approximate surface area is 128 Å². The molecule has 6 heteroatoms. The first-order valence-electron chi connectivity index (χ1n) is 7.04. The standard InChI is InChI=1S/C14H22BrN3O2/c1-3-4-18-9-11(15)7-13(18)14(19)16-8-12-10-17(2)5-6-20-12/h7,9,12H,3-6,8,10H2,1-2H3,(H,16,19). The van der Waals surface area contributed by atoms with Crippen molar-refractivity contribution in [2.45, 2.75) is 26.0 Å². The molecule has 1 aromatic rings. The van der Waals surface area contributed by atoms with E-state index in [1.54, 1.807) is 0 Å². The van der Waals surface area contributed by atoms with Gasteiger partial charge in [0.2, 0.25) is 0 Å². The number of halogens is 1. The average Bonchev–Trinajstić information content (AvgIpc) is 2.78. The van der Waals surface area contributed by atoms with E-state index in [4.69, 9.17) is 4.74 Å². The van der Waals surface area contributed by atoms with Crippen LogP contribution in [0.4, 0.5) is 0 Å². The number of aromatic nitrogens is 1. The molecule has 2 rings (SSSR count). The molecule has 1 amide bonds. The van der Waals surface area contributed by atoms with E-state index in [1.807, 2.05) is 16.8 Å². The van der Waals surface area contributed by atoms with Gasteiger partial charge in [-0.1, -0.05) is 6.92 Å². The summed E-state index contributed by atoms with van der Waals surface area (Å²) < 4.78 is 8.56. The Morgan fingerprint density at radius 1 is 1.60 bits per heavy atom. The van der Waals surface area contributed by atoms with Gasteiger partial charge in [-0.2, -0.15) is 0 Å². The number of likely N-dealkylation sites (N-methyl/N-ethyl adjacent to an activating group) is 1. The van der Waals surface area contributed by atoms with Crippen LogP contribution in [0.1, 0.15) is 23.8 Å². The number of nitrogens with zero attached hydrogens (tertiary/aromatic N) is 2. The number of carbonyl (C=O) groups is 1. The van der Waals surface area contributed by atoms with Crippen LogP contribution in [-0.4, -0.2) is 54.8 Å². The highest BCUT2D eigenvalue weighted by Gasteiger charge is 2.19. The molecule has 0 radical (unpaired) electrons. The number of morpholine rings is 1. The van der Waals surface area contributed by atoms with Crippen LogP contribution in [0.25, 0.3) is 0 Å². The summed E-state index contributed by atoms with van der Waals surface area (Å²) in [5.41, 5.74) is 0.697. The van der Waals surface area contributed by atoms with Gasteiger partial charge in [-0.3, -0.25) is 4.79 Å². The lowest BCUT2D eigenvalue weighted by Gasteiger charge is -2.30. The number of amides is 1. The van der Waals surface area contributed by atoms with E-state index in [2.05, 4.69) is 40.1 Å². The van der Waals surface area contributed by atoms with E-state index >= 15 is 0 Å². The zero-order chi connectivity index (χ0) is 14.5. The number of hydrogen-bond acceptors (Lipinski definition) is 3. The molecule has 0 spiro atoms. The first-order valence-corrected chi connectivity index (χ1v) is 7.83. The van der Waals surface area contributed by atoms with Crippen LogP contribution in [0.3, 0.4) is 0 Å². The number of carbonyl (C=O) groups excluding carboxylic acids is 1. The number of ether oxygens (including phenoxy) is 1. The minimum absolute atomic E-state index is 0.0408. The van der Waals surface area contributed by atoms with Crippen LogP contribution in [0.5, 0.6) is 0 Å². The van der Waals surface area contributed by atoms with Crippen LogP contribution >= 0.6 is 15.9 Å². The normalized spacial score (nSPS) is 20.1. The molecule has 1 atom stereocenters. The van der Waals surface area contributed by atoms with Crippen molar-refractivity contribution in [2.75, 3.05) is 33.3 Å². The Morgan fingerprint density at radius 3 is 3.10 bits per heavy atom. The second kappa shape index (κ2) is 7.24. The van der Waals surface area contributed by atoms with Gasteiger partial charge in [0, 0.05) is 36.8 Å². The molecule has 20 heavy (non-hydrogen) atoms. The van der Waals surface area contributed by atoms with E-state index < -0.39 is 0 Å². The molecule has 1 unspecified atom stereocenters. The topological polar surface area (TPSA) is 46.5 Å². The quantitative estimate of drug-likeness (QED) is 0.885. The Balaban J connectivity index is 1.91. The van der Waals surface area contributed by atoms with E-state index in [-0.39, 0.29) is 12.0 Å². The Bertz CT molecular complexity index is 461. The molecule has 0 aromatic carbocycles. The average molecular weight is 344 g/mol. The van der Waals surface area contributed by atoms with Crippen molar-refractivity contribution < 1.29 is 9.53 Å². The van der Waals surface area contributed by atoms with Crippen LogP contribution in [0.15, 0.2) is 16.7 Å². The first-order chi connectivity index (χ1) is 9.60. The van der Waals surface area contributed by atoms with E-state index in [0.29, 0.717) is 12.2 Å². The third-order valence-corrected chi connectivity index (χ3v) is 3.83. The molecule has 1 saturated heterocycles. The summed E-state index contributed by atoms with van der Waals surface area (Å²) in [6.07, 6.45) is 3.03. The second-order valence-corrected chi connectivity index (χ2v) is 6.12. The number of rotatable bonds is 5. The van der Waals surface area contributed by atoms with E-state index in [0.717, 1.165) is 37.1 Å². The van der Waals surface area contributed by atoms with Crippen molar-refractivity contribution in [3.05, 3.63) is 22.4 Å². The van der Waals surface area contributed by atoms with E-state index in [1.165, 1.54) is 0 Å². The van der Waals surface area contributed by atoms with Crippen molar-refractivity contribution in [1.82, 2.24) is 14.8 Å². The fourth-order valence-electron chi connectivity index (χ4n) is 2.38. The molecule has 0 bridgehead atoms. The smallest absolute Gasteiger partial charge is 0.268 e. The van der Waals surface area contributed by atoms with Crippen LogP contribution < -0.4 is 5.32 Å². The predicted molar refractivity (Wildman–Crippen MR) is 82.0 cm³/mol. The highest BCUT2D eigenvalue weighted by molar-refractivity contribution is 9.10. The summed E-state index contributed by atoms with van der Waals surface area (Å²) in [5, 5.41) is 2.97. The van der Waals surface area contributed by atoms with Gasteiger partial charge in [0.25, 0.3) is 5.91 Å². The van der Waals surface area contributed by atoms with Gasteiger partial charge in [-0.25, -0.2) is 0 Å². The maximum Gasteiger partial charge on any atom is 0.268 e. The van der Waals surface area contributed by atoms with Crippen molar-refractivity contribution >= 4 is 21.8 Å². The molecule has 2 heterocycles. The van der Waals surface area contributed by atoms with Crippen molar-refractivity contribution in [2.24, 2.45) is 0 Å². The van der Waals surface area contributed by atoms with Crippen LogP contribution in [0.2, 0.25) is 0 Å². The first kappa shape index (κ1) is 15.5. The van der Waals surface area contributed by atoms with Gasteiger partial charge >= 0.3 is 0 Å². The maximum atomic E-state index is 12.3. The fourth-order valence-corrected chi connectivity index (χ4v) is 2.84. The molecule has 1 N–H and O–H groups in total. The van der Waals surface area contributed by atoms with Crippen molar-refractivity contribution in [3.8, 4) is 0 Å². The number of aryl methyl sites for hydroxylation is 1. The van der Waals surface area contributed by atoms with Crippen LogP contribution in [0, 0.1) is 0 Å². The fraction of sp³-hybridized carbons (Fsp3) is 0.643. The van der Waals surface area contributed by atoms with Crippen LogP contribution in [-0.2, 0) is 11.3 Å². The molecule has 0 aliphatic carbocycles. The maximum absolute atomic E-state index is 12.3. The molecule has 1 aliphatic heterocycles. The van der Waals surface area contributed by atoms with Crippen molar-refractivity contribution in [3.63, 3.8) is 0 Å². The molecule has 5 nitrogen and oxygen atoms in total. The summed E-state index contributed by atoms with van der Waals surface area (Å²) >= 11 is 3.42. The van der Waals surface area contributed by atoms with Gasteiger partial charge < -0.3 is 19.5 Å². The lowest BCUT2D eigenvalue weighted by Crippen LogP contribution is -2.46. The highest BCUT2D eigenvalue weighted by atomic mass is 79.9. The van der Waals surface area contributed by atoms with Crippen molar-refractivity contribution in [1.29, 1.82) is 0 Å². The Morgan fingerprint density at radius 2 is 2.40 bits per heavy atom. The second-order valence-electron chi connectivity index (χ2n) is 5.20. The number of nitrogens with one attached hydrogen (secondary N) is 1. The number of hydrogen-bond donors (Lipinski definition) is 1. The SMILES string of the molecule is CCCn1cc(Br)cc1C(=O)NCC1CN(C)CCO1. The summed E-state index contributed by atoms with van der Waals surface area (Å²) in [6, 6.07) is 1.86. The zero-order valence-corrected chi connectivity index (χ0v) is 13.6. The molecule has 112 valence electrons. The minimum Gasteiger partial charge on any atom is -0.374 e. The van der Waals surface area contributed by atoms with Gasteiger partial charge in [0.15, 0.2) is 0 Å². The Kier molecular flexibility index (Phi) is 5.63. The van der Waals surface area contributed by atoms with Gasteiger partial charge in [0.1, 0.15) is 5.69 Å². The van der Waals surface area contributed by atoms with Gasteiger partial charge in [-0.15, -0.1) is 0 Å². The summed E-state index contributed by atoms with van der Waals surface area (Å²) in [5.74, 6) is -0.0408.